The van der Waals surface area contributed by atoms with E-state index in [1.165, 1.54) is 0 Å². The Bertz CT molecular complexity index is 455. The Kier molecular flexibility index (Phi) is 40.6. The second-order valence-corrected chi connectivity index (χ2v) is 31.1. The largest absolute Gasteiger partial charge is 2.00 e. The van der Waals surface area contributed by atoms with Crippen LogP contribution < -0.4 is 0 Å². The molecule has 3 fully saturated rings. The maximum atomic E-state index is 3.97. The fourth-order valence-electron chi connectivity index (χ4n) is 2.67. The van der Waals surface area contributed by atoms with E-state index in [1.807, 2.05) is 110 Å². The van der Waals surface area contributed by atoms with Crippen molar-refractivity contribution >= 4 is 33.1 Å². The normalized spacial score (nSPS) is 16.4. The molecule has 7 heteroatoms. The fourth-order valence-corrected chi connectivity index (χ4v) is 7.65. The summed E-state index contributed by atoms with van der Waals surface area (Å²) < 4.78 is 0. The van der Waals surface area contributed by atoms with E-state index in [9.17, 15) is 0 Å². The van der Waals surface area contributed by atoms with E-state index in [-0.39, 0.29) is 52.4 Å². The molecule has 3 aliphatic rings. The van der Waals surface area contributed by atoms with Crippen LogP contribution in [0.3, 0.4) is 0 Å². The van der Waals surface area contributed by atoms with Crippen molar-refractivity contribution < 1.29 is 52.4 Å². The topological polar surface area (TPSA) is 14.1 Å². The second-order valence-electron chi connectivity index (χ2n) is 12.9. The SMILES string of the molecule is CC(C)C(C)(C)[Si](C)(C)P.CC(C)C(C)(C)[Si](C)(C)P.CC[N-]CC.[CH]1[CH][CH][CH][CH]1.[CH]1[CH][CH][CH][CH]1.[CH]1[CH][CH][CH][CH]1.[Zr+2].[Zr+2]. The molecule has 3 rings (SSSR count). The zero-order chi connectivity index (χ0) is 31.9. The van der Waals surface area contributed by atoms with Crippen LogP contribution in [0.4, 0.5) is 0 Å². The summed E-state index contributed by atoms with van der Waals surface area (Å²) >= 11 is 0. The van der Waals surface area contributed by atoms with Gasteiger partial charge in [0.05, 0.1) is 15.5 Å². The molecule has 235 valence electrons. The van der Waals surface area contributed by atoms with Crippen molar-refractivity contribution in [3.63, 3.8) is 0 Å². The van der Waals surface area contributed by atoms with Gasteiger partial charge < -0.3 is 5.32 Å². The molecule has 0 N–H and O–H groups in total. The molecule has 0 aromatic heterocycles. The van der Waals surface area contributed by atoms with E-state index in [4.69, 9.17) is 0 Å². The minimum atomic E-state index is -1.03. The molecule has 0 saturated heterocycles. The molecule has 0 amide bonds. The van der Waals surface area contributed by atoms with Gasteiger partial charge in [0.1, 0.15) is 0 Å². The van der Waals surface area contributed by atoms with E-state index >= 15 is 0 Å². The third-order valence-corrected chi connectivity index (χ3v) is 20.6. The van der Waals surface area contributed by atoms with Crippen LogP contribution in [-0.2, 0) is 52.4 Å². The van der Waals surface area contributed by atoms with Gasteiger partial charge in [0.25, 0.3) is 0 Å². The summed E-state index contributed by atoms with van der Waals surface area (Å²) in [6, 6.07) is 0. The summed E-state index contributed by atoms with van der Waals surface area (Å²) in [7, 11) is 4.07. The first-order valence-corrected chi connectivity index (χ1v) is 24.6. The maximum absolute atomic E-state index is 3.97. The molecular formula is C35H67NP2Si2Zr2+3. The molecule has 0 heterocycles. The Morgan fingerprint density at radius 2 is 0.619 bits per heavy atom. The van der Waals surface area contributed by atoms with Gasteiger partial charge in [-0.1, -0.05) is 95.4 Å². The van der Waals surface area contributed by atoms with Gasteiger partial charge in [-0.2, -0.15) is 13.1 Å². The summed E-state index contributed by atoms with van der Waals surface area (Å²) in [6.07, 6.45) is 30.0. The quantitative estimate of drug-likeness (QED) is 0.188. The Balaban J connectivity index is -0.000000133. The Hall–Kier alpha value is 3.02. The zero-order valence-corrected chi connectivity index (χ0v) is 39.1. The van der Waals surface area contributed by atoms with Crippen LogP contribution in [0.1, 0.15) is 69.2 Å². The molecule has 0 aliphatic heterocycles. The predicted molar refractivity (Wildman–Crippen MR) is 201 cm³/mol. The number of nitrogens with zero attached hydrogens (tertiary/aromatic N) is 1. The monoisotopic (exact) mass is 799 g/mol. The smallest absolute Gasteiger partial charge is 0.663 e. The molecular weight excluding hydrogens is 735 g/mol. The van der Waals surface area contributed by atoms with Crippen molar-refractivity contribution in [3.8, 4) is 0 Å². The molecule has 0 spiro atoms. The first kappa shape index (κ1) is 54.5. The minimum Gasteiger partial charge on any atom is -0.663 e. The third kappa shape index (κ3) is 30.4. The number of rotatable bonds is 6. The molecule has 3 saturated carbocycles. The molecule has 3 aliphatic carbocycles. The van der Waals surface area contributed by atoms with Gasteiger partial charge in [-0.15, -0.1) is 17.6 Å². The Morgan fingerprint density at radius 1 is 0.476 bits per heavy atom. The van der Waals surface area contributed by atoms with Crippen molar-refractivity contribution in [2.45, 2.75) is 106 Å². The summed E-state index contributed by atoms with van der Waals surface area (Å²) in [6.45, 7) is 34.5. The van der Waals surface area contributed by atoms with Crippen LogP contribution in [0.5, 0.6) is 0 Å². The van der Waals surface area contributed by atoms with Crippen LogP contribution in [0.15, 0.2) is 0 Å². The zero-order valence-electron chi connectivity index (χ0n) is 29.8. The molecule has 0 aromatic carbocycles. The van der Waals surface area contributed by atoms with Crippen molar-refractivity contribution in [2.75, 3.05) is 13.1 Å². The molecule has 15 radical (unpaired) electrons. The van der Waals surface area contributed by atoms with Gasteiger partial charge in [-0.3, -0.25) is 0 Å². The van der Waals surface area contributed by atoms with Gasteiger partial charge in [-0.25, -0.2) is 0 Å². The molecule has 0 bridgehead atoms. The van der Waals surface area contributed by atoms with Crippen LogP contribution in [0, 0.1) is 108 Å². The molecule has 42 heavy (non-hydrogen) atoms. The number of hydrogen-bond donors (Lipinski definition) is 0. The average Bonchev–Trinajstić information content (AvgIpc) is 3.65. The van der Waals surface area contributed by atoms with Gasteiger partial charge in [-0.05, 0) is 118 Å². The van der Waals surface area contributed by atoms with Crippen LogP contribution in [-0.4, -0.2) is 28.6 Å². The first-order valence-electron chi connectivity index (χ1n) is 15.0. The summed E-state index contributed by atoms with van der Waals surface area (Å²) in [5.41, 5.74) is 0. The van der Waals surface area contributed by atoms with E-state index < -0.39 is 15.5 Å². The van der Waals surface area contributed by atoms with Crippen molar-refractivity contribution in [3.05, 3.63) is 102 Å². The van der Waals surface area contributed by atoms with Crippen molar-refractivity contribution in [2.24, 2.45) is 11.8 Å². The maximum Gasteiger partial charge on any atom is 2.00 e. The van der Waals surface area contributed by atoms with Gasteiger partial charge in [0.15, 0.2) is 0 Å². The molecule has 0 aromatic rings. The molecule has 2 atom stereocenters. The van der Waals surface area contributed by atoms with Crippen molar-refractivity contribution in [1.82, 2.24) is 0 Å². The van der Waals surface area contributed by atoms with Crippen LogP contribution >= 0.6 is 17.6 Å². The summed E-state index contributed by atoms with van der Waals surface area (Å²) in [5.74, 6) is 1.60. The number of hydrogen-bond acceptors (Lipinski definition) is 0. The van der Waals surface area contributed by atoms with Crippen LogP contribution in [0.25, 0.3) is 5.32 Å². The molecule has 1 nitrogen and oxygen atoms in total. The van der Waals surface area contributed by atoms with E-state index in [0.717, 1.165) is 24.9 Å². The Morgan fingerprint density at radius 3 is 0.643 bits per heavy atom. The van der Waals surface area contributed by atoms with Crippen molar-refractivity contribution in [1.29, 1.82) is 0 Å². The summed E-state index contributed by atoms with van der Waals surface area (Å²) in [4.78, 5) is 0. The minimum absolute atomic E-state index is 0. The van der Waals surface area contributed by atoms with Crippen LogP contribution in [0.2, 0.25) is 36.3 Å². The second kappa shape index (κ2) is 31.3. The van der Waals surface area contributed by atoms with E-state index in [0.29, 0.717) is 10.1 Å². The van der Waals surface area contributed by atoms with Gasteiger partial charge in [0, 0.05) is 0 Å². The first-order chi connectivity index (χ1) is 18.3. The van der Waals surface area contributed by atoms with Gasteiger partial charge in [0.2, 0.25) is 0 Å². The average molecular weight is 802 g/mol. The van der Waals surface area contributed by atoms with E-state index in [2.05, 4.69) is 104 Å². The third-order valence-electron chi connectivity index (χ3n) is 8.32. The standard InChI is InChI=1S/2C8H21PSi.3C5H5.C4H10N.2Zr/c2*1-7(2)8(3,4)10(5,6)9;3*1-2-4-5-3-1;1-3-5-4-2;;/h2*7H,9H2,1-6H3;3*1-5H;3-4H2,1-2H3;;/q;;;;;-1;2*+2. The molecule has 2 unspecified atom stereocenters. The summed E-state index contributed by atoms with van der Waals surface area (Å²) in [5, 5.41) is 5.05. The predicted octanol–water partition coefficient (Wildman–Crippen LogP) is 11.5. The van der Waals surface area contributed by atoms with Gasteiger partial charge >= 0.3 is 52.4 Å². The van der Waals surface area contributed by atoms with E-state index in [1.54, 1.807) is 0 Å². The fraction of sp³-hybridized carbons (Fsp3) is 0.571. The Labute approximate surface area is 314 Å².